The summed E-state index contributed by atoms with van der Waals surface area (Å²) in [5, 5.41) is 11.9. The Balaban J connectivity index is 1.47. The molecule has 40 heavy (non-hydrogen) atoms. The highest BCUT2D eigenvalue weighted by molar-refractivity contribution is 8.24. The second-order valence-corrected chi connectivity index (χ2v) is 13.3. The van der Waals surface area contributed by atoms with Crippen molar-refractivity contribution < 1.29 is 40.3 Å². The Bertz CT molecular complexity index is 1290. The fourth-order valence-electron chi connectivity index (χ4n) is 5.34. The minimum atomic E-state index is -4.63. The Morgan fingerprint density at radius 1 is 1.18 bits per heavy atom. The molecule has 2 atom stereocenters. The smallest absolute Gasteiger partial charge is 0.397 e. The Kier molecular flexibility index (Phi) is 7.29. The lowest BCUT2D eigenvalue weighted by atomic mass is 9.74. The van der Waals surface area contributed by atoms with E-state index in [0.717, 1.165) is 5.69 Å². The molecule has 1 saturated heterocycles. The van der Waals surface area contributed by atoms with E-state index in [4.69, 9.17) is 4.42 Å². The lowest BCUT2D eigenvalue weighted by molar-refractivity contribution is -0.135. The van der Waals surface area contributed by atoms with Gasteiger partial charge in [0.05, 0.1) is 23.5 Å². The first-order valence-electron chi connectivity index (χ1n) is 12.9. The van der Waals surface area contributed by atoms with E-state index in [1.807, 2.05) is 11.0 Å². The maximum atomic E-state index is 14.5. The summed E-state index contributed by atoms with van der Waals surface area (Å²) in [6.07, 6.45) is -6.91. The SMILES string of the molecule is N#CC1(NC(=O)[C@@H]2CC(F)(F)CC[C@H]2c2oc(CC(F)(F)F)nc2-c2ccc(N3CCS(O)(O)CC3)cc2)CC1. The molecule has 2 saturated carbocycles. The molecule has 1 aromatic heterocycles. The van der Waals surface area contributed by atoms with Crippen LogP contribution in [0.3, 0.4) is 0 Å². The van der Waals surface area contributed by atoms with Gasteiger partial charge in [-0.1, -0.05) is 12.1 Å². The minimum Gasteiger partial charge on any atom is -0.444 e. The van der Waals surface area contributed by atoms with Gasteiger partial charge in [0.1, 0.15) is 23.4 Å². The molecule has 0 radical (unpaired) electrons. The van der Waals surface area contributed by atoms with E-state index < -0.39 is 71.1 Å². The first kappa shape index (κ1) is 28.6. The van der Waals surface area contributed by atoms with Gasteiger partial charge in [-0.2, -0.15) is 29.0 Å². The summed E-state index contributed by atoms with van der Waals surface area (Å²) in [6, 6.07) is 8.68. The van der Waals surface area contributed by atoms with Crippen molar-refractivity contribution in [1.82, 2.24) is 10.3 Å². The molecule has 1 amide bonds. The summed E-state index contributed by atoms with van der Waals surface area (Å²) in [6.45, 7) is 0.841. The van der Waals surface area contributed by atoms with Crippen molar-refractivity contribution in [3.05, 3.63) is 35.9 Å². The van der Waals surface area contributed by atoms with Crippen LogP contribution >= 0.6 is 10.6 Å². The van der Waals surface area contributed by atoms with Crippen LogP contribution < -0.4 is 10.2 Å². The number of aromatic nitrogens is 1. The van der Waals surface area contributed by atoms with E-state index in [2.05, 4.69) is 10.3 Å². The molecular weight excluding hydrogens is 559 g/mol. The van der Waals surface area contributed by atoms with Crippen LogP contribution in [0.1, 0.15) is 49.7 Å². The topological polar surface area (TPSA) is 123 Å². The molecule has 5 rings (SSSR count). The van der Waals surface area contributed by atoms with Gasteiger partial charge in [-0.25, -0.2) is 13.8 Å². The zero-order chi connectivity index (χ0) is 28.9. The van der Waals surface area contributed by atoms with Crippen LogP contribution in [0.4, 0.5) is 27.6 Å². The molecule has 2 heterocycles. The number of carbonyl (C=O) groups excluding carboxylic acids is 1. The van der Waals surface area contributed by atoms with E-state index in [-0.39, 0.29) is 29.4 Å². The first-order chi connectivity index (χ1) is 18.7. The quantitative estimate of drug-likeness (QED) is 0.370. The summed E-state index contributed by atoms with van der Waals surface area (Å²) in [5.41, 5.74) is 0.106. The highest BCUT2D eigenvalue weighted by Gasteiger charge is 2.51. The maximum Gasteiger partial charge on any atom is 0.397 e. The number of hydrogen-bond donors (Lipinski definition) is 3. The van der Waals surface area contributed by atoms with Gasteiger partial charge >= 0.3 is 6.18 Å². The fourth-order valence-corrected chi connectivity index (χ4v) is 6.57. The summed E-state index contributed by atoms with van der Waals surface area (Å²) in [4.78, 5) is 19.2. The van der Waals surface area contributed by atoms with Crippen molar-refractivity contribution in [3.8, 4) is 17.3 Å². The Morgan fingerprint density at radius 2 is 1.82 bits per heavy atom. The molecule has 3 fully saturated rings. The van der Waals surface area contributed by atoms with Crippen molar-refractivity contribution in [1.29, 1.82) is 5.26 Å². The monoisotopic (exact) mass is 588 g/mol. The minimum absolute atomic E-state index is 0.0491. The van der Waals surface area contributed by atoms with Crippen molar-refractivity contribution in [2.24, 2.45) is 5.92 Å². The number of nitriles is 1. The van der Waals surface area contributed by atoms with Crippen molar-refractivity contribution in [2.45, 2.75) is 62.1 Å². The first-order valence-corrected chi connectivity index (χ1v) is 14.8. The predicted octanol–water partition coefficient (Wildman–Crippen LogP) is 5.71. The lowest BCUT2D eigenvalue weighted by Gasteiger charge is -2.41. The molecule has 8 nitrogen and oxygen atoms in total. The largest absolute Gasteiger partial charge is 0.444 e. The summed E-state index contributed by atoms with van der Waals surface area (Å²) >= 11 is 0. The number of benzene rings is 1. The second-order valence-electron chi connectivity index (χ2n) is 10.9. The van der Waals surface area contributed by atoms with Crippen LogP contribution in [0.25, 0.3) is 11.3 Å². The molecule has 3 aliphatic rings. The normalized spacial score (nSPS) is 26.0. The average Bonchev–Trinajstić information content (AvgIpc) is 3.53. The van der Waals surface area contributed by atoms with E-state index >= 15 is 0 Å². The van der Waals surface area contributed by atoms with Crippen LogP contribution in [0.5, 0.6) is 0 Å². The maximum absolute atomic E-state index is 14.5. The number of halogens is 5. The van der Waals surface area contributed by atoms with Crippen LogP contribution in [0.2, 0.25) is 0 Å². The Labute approximate surface area is 228 Å². The van der Waals surface area contributed by atoms with Crippen molar-refractivity contribution in [3.63, 3.8) is 0 Å². The Morgan fingerprint density at radius 3 is 2.40 bits per heavy atom. The van der Waals surface area contributed by atoms with Gasteiger partial charge in [0, 0.05) is 43.1 Å². The third kappa shape index (κ3) is 6.37. The van der Waals surface area contributed by atoms with E-state index in [1.54, 1.807) is 24.3 Å². The van der Waals surface area contributed by atoms with Gasteiger partial charge in [-0.3, -0.25) is 13.9 Å². The van der Waals surface area contributed by atoms with Gasteiger partial charge in [-0.15, -0.1) is 0 Å². The number of oxazole rings is 1. The molecule has 2 aromatic rings. The zero-order valence-electron chi connectivity index (χ0n) is 21.4. The lowest BCUT2D eigenvalue weighted by Crippen LogP contribution is -2.45. The zero-order valence-corrected chi connectivity index (χ0v) is 22.2. The molecule has 14 heteroatoms. The van der Waals surface area contributed by atoms with Gasteiger partial charge in [-0.05, 0) is 31.4 Å². The predicted molar refractivity (Wildman–Crippen MR) is 137 cm³/mol. The summed E-state index contributed by atoms with van der Waals surface area (Å²) < 4.78 is 94.0. The number of nitrogens with zero attached hydrogens (tertiary/aromatic N) is 3. The molecule has 2 aliphatic carbocycles. The summed E-state index contributed by atoms with van der Waals surface area (Å²) in [5.74, 6) is -6.44. The summed E-state index contributed by atoms with van der Waals surface area (Å²) in [7, 11) is -2.60. The van der Waals surface area contributed by atoms with Crippen LogP contribution in [0.15, 0.2) is 28.7 Å². The number of alkyl halides is 5. The van der Waals surface area contributed by atoms with Crippen LogP contribution in [-0.2, 0) is 11.2 Å². The van der Waals surface area contributed by atoms with E-state index in [1.165, 1.54) is 0 Å². The molecule has 1 aliphatic heterocycles. The van der Waals surface area contributed by atoms with Crippen molar-refractivity contribution >= 4 is 22.2 Å². The number of nitrogens with one attached hydrogen (secondary N) is 1. The van der Waals surface area contributed by atoms with Crippen molar-refractivity contribution in [2.75, 3.05) is 29.5 Å². The molecule has 0 spiro atoms. The fraction of sp³-hybridized carbons (Fsp3) is 0.577. The molecule has 0 bridgehead atoms. The molecule has 218 valence electrons. The third-order valence-corrected chi connectivity index (χ3v) is 9.43. The standard InChI is InChI=1S/C26H29F5N4O4S/c27-25(28)6-5-18(19(13-25)23(36)34-24(15-32)7-8-24)22-21(33-20(39-22)14-26(29,30)31)16-1-3-17(4-2-16)35-9-11-40(37,38)12-10-35/h1-4,18-19,37-38H,5-14H2,(H,34,36)/t18-,19-/m1/s1. The van der Waals surface area contributed by atoms with Gasteiger partial charge in [0.15, 0.2) is 0 Å². The number of rotatable bonds is 6. The number of carbonyl (C=O) groups is 1. The van der Waals surface area contributed by atoms with Gasteiger partial charge < -0.3 is 14.6 Å². The van der Waals surface area contributed by atoms with Gasteiger partial charge in [0.2, 0.25) is 17.7 Å². The van der Waals surface area contributed by atoms with E-state index in [0.29, 0.717) is 31.5 Å². The number of hydrogen-bond acceptors (Lipinski definition) is 7. The Hall–Kier alpha value is -2.89. The average molecular weight is 589 g/mol. The number of anilines is 1. The van der Waals surface area contributed by atoms with Crippen LogP contribution in [-0.4, -0.2) is 62.2 Å². The second kappa shape index (κ2) is 10.2. The molecule has 3 N–H and O–H groups in total. The van der Waals surface area contributed by atoms with E-state index in [9.17, 15) is 41.1 Å². The molecule has 0 unspecified atom stereocenters. The number of amides is 1. The third-order valence-electron chi connectivity index (χ3n) is 7.76. The van der Waals surface area contributed by atoms with Crippen LogP contribution in [0, 0.1) is 17.2 Å². The highest BCUT2D eigenvalue weighted by atomic mass is 32.3. The molecule has 1 aromatic carbocycles. The van der Waals surface area contributed by atoms with Gasteiger partial charge in [0.25, 0.3) is 0 Å². The molecular formula is C26H29F5N4O4S. The highest BCUT2D eigenvalue weighted by Crippen LogP contribution is 2.49.